The smallest absolute Gasteiger partial charge is 0.307 e. The van der Waals surface area contributed by atoms with Gasteiger partial charge in [-0.25, -0.2) is 0 Å². The minimum atomic E-state index is -0.862. The zero-order valence-corrected chi connectivity index (χ0v) is 12.8. The fourth-order valence-electron chi connectivity index (χ4n) is 3.05. The van der Waals surface area contributed by atoms with E-state index in [2.05, 4.69) is 5.16 Å². The van der Waals surface area contributed by atoms with Crippen molar-refractivity contribution in [2.45, 2.75) is 46.1 Å². The van der Waals surface area contributed by atoms with E-state index in [1.165, 1.54) is 0 Å². The quantitative estimate of drug-likeness (QED) is 0.919. The number of amides is 1. The number of hydrogen-bond donors (Lipinski definition) is 1. The second kappa shape index (κ2) is 6.28. The van der Waals surface area contributed by atoms with Crippen molar-refractivity contribution in [3.8, 4) is 0 Å². The van der Waals surface area contributed by atoms with Crippen molar-refractivity contribution >= 4 is 11.9 Å². The maximum atomic E-state index is 12.6. The average molecular weight is 294 g/mol. The zero-order chi connectivity index (χ0) is 15.6. The summed E-state index contributed by atoms with van der Waals surface area (Å²) in [6.07, 6.45) is 3.04. The van der Waals surface area contributed by atoms with Crippen LogP contribution in [0.1, 0.15) is 42.7 Å². The van der Waals surface area contributed by atoms with Crippen LogP contribution in [0.2, 0.25) is 0 Å². The molecule has 0 spiro atoms. The highest BCUT2D eigenvalue weighted by Gasteiger charge is 2.37. The van der Waals surface area contributed by atoms with Gasteiger partial charge in [-0.2, -0.15) is 0 Å². The van der Waals surface area contributed by atoms with E-state index < -0.39 is 17.8 Å². The van der Waals surface area contributed by atoms with Gasteiger partial charge in [-0.1, -0.05) is 18.0 Å². The molecule has 1 amide bonds. The summed E-state index contributed by atoms with van der Waals surface area (Å²) in [6.45, 7) is 4.06. The number of carbonyl (C=O) groups excluding carboxylic acids is 1. The molecule has 1 aromatic heterocycles. The zero-order valence-electron chi connectivity index (χ0n) is 12.8. The van der Waals surface area contributed by atoms with Gasteiger partial charge in [0.05, 0.1) is 24.1 Å². The lowest BCUT2D eigenvalue weighted by molar-refractivity contribution is -0.152. The Labute approximate surface area is 124 Å². The first-order valence-corrected chi connectivity index (χ1v) is 7.31. The fraction of sp³-hybridized carbons (Fsp3) is 0.667. The highest BCUT2D eigenvalue weighted by molar-refractivity contribution is 5.84. The molecule has 1 fully saturated rings. The number of carboxylic acid groups (broad SMARTS) is 1. The first-order chi connectivity index (χ1) is 9.91. The Morgan fingerprint density at radius 3 is 2.43 bits per heavy atom. The molecule has 2 atom stereocenters. The summed E-state index contributed by atoms with van der Waals surface area (Å²) in [6, 6.07) is 0. The van der Waals surface area contributed by atoms with Crippen molar-refractivity contribution in [1.82, 2.24) is 10.1 Å². The fourth-order valence-corrected chi connectivity index (χ4v) is 3.05. The molecule has 1 heterocycles. The van der Waals surface area contributed by atoms with E-state index in [9.17, 15) is 14.7 Å². The summed E-state index contributed by atoms with van der Waals surface area (Å²) in [7, 11) is 1.71. The minimum absolute atomic E-state index is 0.0953. The maximum Gasteiger partial charge on any atom is 0.307 e. The Hall–Kier alpha value is -1.85. The van der Waals surface area contributed by atoms with E-state index in [0.29, 0.717) is 25.1 Å². The Bertz CT molecular complexity index is 518. The molecular formula is C15H22N2O4. The number of carboxylic acids is 1. The topological polar surface area (TPSA) is 83.6 Å². The van der Waals surface area contributed by atoms with E-state index in [-0.39, 0.29) is 5.91 Å². The summed E-state index contributed by atoms with van der Waals surface area (Å²) in [5.41, 5.74) is 1.67. The molecule has 0 aromatic carbocycles. The molecule has 1 aromatic rings. The summed E-state index contributed by atoms with van der Waals surface area (Å²) >= 11 is 0. The van der Waals surface area contributed by atoms with Gasteiger partial charge in [-0.05, 0) is 26.7 Å². The third-order valence-electron chi connectivity index (χ3n) is 4.35. The summed E-state index contributed by atoms with van der Waals surface area (Å²) in [5, 5.41) is 13.2. The van der Waals surface area contributed by atoms with Crippen LogP contribution in [-0.4, -0.2) is 34.1 Å². The summed E-state index contributed by atoms with van der Waals surface area (Å²) < 4.78 is 5.10. The molecule has 1 saturated carbocycles. The Morgan fingerprint density at radius 1 is 1.29 bits per heavy atom. The van der Waals surface area contributed by atoms with Crippen LogP contribution < -0.4 is 0 Å². The number of hydrogen-bond acceptors (Lipinski definition) is 4. The Morgan fingerprint density at radius 2 is 1.90 bits per heavy atom. The van der Waals surface area contributed by atoms with E-state index in [1.54, 1.807) is 11.9 Å². The van der Waals surface area contributed by atoms with Gasteiger partial charge in [0.2, 0.25) is 5.91 Å². The molecule has 6 heteroatoms. The lowest BCUT2D eigenvalue weighted by Gasteiger charge is -2.31. The standard InChI is InChI=1S/C15H22N2O4/c1-9-13(10(2)21-16-9)8-17(3)14(18)11-6-4-5-7-12(11)15(19)20/h11-12H,4-8H2,1-3H3,(H,19,20)/t11-,12+/m1/s1. The molecule has 1 aliphatic carbocycles. The van der Waals surface area contributed by atoms with Gasteiger partial charge in [-0.15, -0.1) is 0 Å². The van der Waals surface area contributed by atoms with Crippen molar-refractivity contribution in [3.05, 3.63) is 17.0 Å². The molecule has 1 aliphatic rings. The molecule has 6 nitrogen and oxygen atoms in total. The predicted molar refractivity (Wildman–Crippen MR) is 75.5 cm³/mol. The molecule has 0 aliphatic heterocycles. The van der Waals surface area contributed by atoms with E-state index in [0.717, 1.165) is 24.1 Å². The third-order valence-corrected chi connectivity index (χ3v) is 4.35. The Kier molecular flexibility index (Phi) is 4.65. The van der Waals surface area contributed by atoms with Crippen LogP contribution in [-0.2, 0) is 16.1 Å². The first kappa shape index (κ1) is 15.5. The molecule has 0 radical (unpaired) electrons. The van der Waals surface area contributed by atoms with Crippen molar-refractivity contribution in [2.24, 2.45) is 11.8 Å². The number of aromatic nitrogens is 1. The van der Waals surface area contributed by atoms with E-state index >= 15 is 0 Å². The lowest BCUT2D eigenvalue weighted by Crippen LogP contribution is -2.40. The highest BCUT2D eigenvalue weighted by Crippen LogP contribution is 2.32. The largest absolute Gasteiger partial charge is 0.481 e. The summed E-state index contributed by atoms with van der Waals surface area (Å²) in [4.78, 5) is 25.5. The molecule has 1 N–H and O–H groups in total. The van der Waals surface area contributed by atoms with Gasteiger partial charge >= 0.3 is 5.97 Å². The number of aliphatic carboxylic acids is 1. The minimum Gasteiger partial charge on any atom is -0.481 e. The SMILES string of the molecule is Cc1noc(C)c1CN(C)C(=O)[C@@H]1CCCC[C@@H]1C(=O)O. The third kappa shape index (κ3) is 3.25. The van der Waals surface area contributed by atoms with Gasteiger partial charge in [0.25, 0.3) is 0 Å². The molecule has 116 valence electrons. The number of aryl methyl sites for hydroxylation is 2. The Balaban J connectivity index is 2.09. The predicted octanol–water partition coefficient (Wildman–Crippen LogP) is 2.14. The second-order valence-corrected chi connectivity index (χ2v) is 5.83. The molecule has 2 rings (SSSR count). The van der Waals surface area contributed by atoms with Gasteiger partial charge in [0.15, 0.2) is 0 Å². The molecular weight excluding hydrogens is 272 g/mol. The van der Waals surface area contributed by atoms with Crippen LogP contribution in [0.4, 0.5) is 0 Å². The van der Waals surface area contributed by atoms with Crippen molar-refractivity contribution in [3.63, 3.8) is 0 Å². The number of nitrogens with zero attached hydrogens (tertiary/aromatic N) is 2. The van der Waals surface area contributed by atoms with Gasteiger partial charge in [0.1, 0.15) is 5.76 Å². The van der Waals surface area contributed by atoms with Gasteiger partial charge in [-0.3, -0.25) is 9.59 Å². The normalized spacial score (nSPS) is 22.0. The van der Waals surface area contributed by atoms with Crippen LogP contribution in [0.5, 0.6) is 0 Å². The average Bonchev–Trinajstić information content (AvgIpc) is 2.78. The van der Waals surface area contributed by atoms with Crippen LogP contribution in [0.3, 0.4) is 0 Å². The van der Waals surface area contributed by atoms with Crippen molar-refractivity contribution in [1.29, 1.82) is 0 Å². The van der Waals surface area contributed by atoms with Crippen molar-refractivity contribution < 1.29 is 19.2 Å². The first-order valence-electron chi connectivity index (χ1n) is 7.31. The van der Waals surface area contributed by atoms with Crippen LogP contribution in [0, 0.1) is 25.7 Å². The van der Waals surface area contributed by atoms with Crippen LogP contribution >= 0.6 is 0 Å². The van der Waals surface area contributed by atoms with Gasteiger partial charge < -0.3 is 14.5 Å². The van der Waals surface area contributed by atoms with Crippen LogP contribution in [0.25, 0.3) is 0 Å². The van der Waals surface area contributed by atoms with E-state index in [1.807, 2.05) is 13.8 Å². The molecule has 0 unspecified atom stereocenters. The number of rotatable bonds is 4. The maximum absolute atomic E-state index is 12.6. The molecule has 21 heavy (non-hydrogen) atoms. The monoisotopic (exact) mass is 294 g/mol. The van der Waals surface area contributed by atoms with Crippen molar-refractivity contribution in [2.75, 3.05) is 7.05 Å². The molecule has 0 bridgehead atoms. The number of carbonyl (C=O) groups is 2. The lowest BCUT2D eigenvalue weighted by atomic mass is 9.78. The second-order valence-electron chi connectivity index (χ2n) is 5.83. The summed E-state index contributed by atoms with van der Waals surface area (Å²) in [5.74, 6) is -1.23. The van der Waals surface area contributed by atoms with Crippen LogP contribution in [0.15, 0.2) is 4.52 Å². The highest BCUT2D eigenvalue weighted by atomic mass is 16.5. The van der Waals surface area contributed by atoms with Gasteiger partial charge in [0, 0.05) is 12.6 Å². The van der Waals surface area contributed by atoms with E-state index in [4.69, 9.17) is 4.52 Å². The molecule has 0 saturated heterocycles.